The highest BCUT2D eigenvalue weighted by Crippen LogP contribution is 2.59. The highest BCUT2D eigenvalue weighted by molar-refractivity contribution is 9.09. The molecule has 30 heavy (non-hydrogen) atoms. The van der Waals surface area contributed by atoms with E-state index >= 15 is 0 Å². The summed E-state index contributed by atoms with van der Waals surface area (Å²) in [7, 11) is 3.07. The maximum atomic E-state index is 13.4. The van der Waals surface area contributed by atoms with Gasteiger partial charge in [0.25, 0.3) is 0 Å². The molecule has 1 aromatic carbocycles. The maximum Gasteiger partial charge on any atom is 0.250 e. The number of carbonyl (C=O) groups excluding carboxylic acids is 3. The number of anilines is 1. The zero-order valence-corrected chi connectivity index (χ0v) is 18.2. The maximum absolute atomic E-state index is 13.4. The number of nitrogens with one attached hydrogen (secondary N) is 2. The van der Waals surface area contributed by atoms with Crippen molar-refractivity contribution in [2.24, 2.45) is 11.8 Å². The number of ether oxygens (including phenoxy) is 2. The normalized spacial score (nSPS) is 34.1. The van der Waals surface area contributed by atoms with E-state index in [1.807, 2.05) is 0 Å². The second kappa shape index (κ2) is 7.82. The van der Waals surface area contributed by atoms with Crippen LogP contribution >= 0.6 is 15.9 Å². The first-order chi connectivity index (χ1) is 14.4. The smallest absolute Gasteiger partial charge is 0.250 e. The summed E-state index contributed by atoms with van der Waals surface area (Å²) < 4.78 is 11.4. The first-order valence-corrected chi connectivity index (χ1v) is 10.7. The van der Waals surface area contributed by atoms with E-state index in [4.69, 9.17) is 9.47 Å². The fourth-order valence-electron chi connectivity index (χ4n) is 5.13. The van der Waals surface area contributed by atoms with Crippen LogP contribution in [0.5, 0.6) is 5.75 Å². The van der Waals surface area contributed by atoms with E-state index in [0.717, 1.165) is 0 Å². The Morgan fingerprint density at radius 3 is 2.63 bits per heavy atom. The molecule has 6 atom stereocenters. The summed E-state index contributed by atoms with van der Waals surface area (Å²) in [6.07, 6.45) is -0.0732. The number of β-amino-alcohol motifs (C(OH)–C–C–N with tert-alkyl or cyclic N) is 1. The molecule has 0 radical (unpaired) electrons. The lowest BCUT2D eigenvalue weighted by molar-refractivity contribution is -0.141. The highest BCUT2D eigenvalue weighted by Gasteiger charge is 2.76. The van der Waals surface area contributed by atoms with E-state index in [9.17, 15) is 19.5 Å². The van der Waals surface area contributed by atoms with Gasteiger partial charge in [-0.1, -0.05) is 15.9 Å². The van der Waals surface area contributed by atoms with E-state index < -0.39 is 35.5 Å². The van der Waals surface area contributed by atoms with Crippen molar-refractivity contribution >= 4 is 39.3 Å². The number of nitrogens with zero attached hydrogens (tertiary/aromatic N) is 1. The summed E-state index contributed by atoms with van der Waals surface area (Å²) in [4.78, 5) is 40.4. The predicted octanol–water partition coefficient (Wildman–Crippen LogP) is 0.120. The average Bonchev–Trinajstić information content (AvgIpc) is 3.32. The third-order valence-corrected chi connectivity index (χ3v) is 7.13. The molecule has 3 heterocycles. The summed E-state index contributed by atoms with van der Waals surface area (Å²) in [5.74, 6) is -1.85. The van der Waals surface area contributed by atoms with Crippen LogP contribution in [0.4, 0.5) is 5.69 Å². The molecular weight excluding hydrogens is 458 g/mol. The number of amides is 3. The van der Waals surface area contributed by atoms with Gasteiger partial charge in [0.15, 0.2) is 0 Å². The van der Waals surface area contributed by atoms with Crippen LogP contribution in [0.15, 0.2) is 24.3 Å². The first-order valence-electron chi connectivity index (χ1n) is 9.77. The van der Waals surface area contributed by atoms with Gasteiger partial charge in [-0.05, 0) is 30.7 Å². The van der Waals surface area contributed by atoms with Gasteiger partial charge in [0, 0.05) is 24.1 Å². The van der Waals surface area contributed by atoms with Gasteiger partial charge in [0.2, 0.25) is 17.7 Å². The molecule has 4 rings (SSSR count). The fourth-order valence-corrected chi connectivity index (χ4v) is 6.07. The molecule has 0 aromatic heterocycles. The number of likely N-dealkylation sites (tertiary alicyclic amines) is 1. The van der Waals surface area contributed by atoms with Crippen LogP contribution in [-0.4, -0.2) is 77.6 Å². The molecule has 3 fully saturated rings. The molecule has 1 spiro atoms. The van der Waals surface area contributed by atoms with Crippen LogP contribution in [-0.2, 0) is 19.1 Å². The van der Waals surface area contributed by atoms with Crippen molar-refractivity contribution in [1.29, 1.82) is 0 Å². The Kier molecular flexibility index (Phi) is 5.50. The van der Waals surface area contributed by atoms with E-state index in [2.05, 4.69) is 26.6 Å². The van der Waals surface area contributed by atoms with Gasteiger partial charge in [0.05, 0.1) is 31.7 Å². The van der Waals surface area contributed by atoms with E-state index in [1.165, 1.54) is 11.9 Å². The number of methoxy groups -OCH3 is 1. The van der Waals surface area contributed by atoms with Crippen molar-refractivity contribution in [3.05, 3.63) is 24.3 Å². The number of hydrogen-bond acceptors (Lipinski definition) is 6. The SMILES string of the molecule is CNC(=O)[C@H]1[C@@H]2OC3(CC2Br)C(C(=O)Nc2ccc(OC)cc2)N(CCO)C(=O)[C@H]13. The second-order valence-electron chi connectivity index (χ2n) is 7.75. The molecular formula is C20H24BrN3O6. The lowest BCUT2D eigenvalue weighted by Crippen LogP contribution is -2.54. The molecule has 162 valence electrons. The van der Waals surface area contributed by atoms with Crippen LogP contribution < -0.4 is 15.4 Å². The highest BCUT2D eigenvalue weighted by atomic mass is 79.9. The molecule has 3 unspecified atom stereocenters. The van der Waals surface area contributed by atoms with Gasteiger partial charge < -0.3 is 30.1 Å². The van der Waals surface area contributed by atoms with Crippen molar-refractivity contribution in [2.45, 2.75) is 29.0 Å². The Morgan fingerprint density at radius 1 is 1.33 bits per heavy atom. The molecule has 0 aliphatic carbocycles. The Bertz CT molecular complexity index is 865. The van der Waals surface area contributed by atoms with Gasteiger partial charge in [-0.25, -0.2) is 0 Å². The Morgan fingerprint density at radius 2 is 2.03 bits per heavy atom. The third-order valence-electron chi connectivity index (χ3n) is 6.29. The summed E-state index contributed by atoms with van der Waals surface area (Å²) >= 11 is 3.57. The zero-order valence-electron chi connectivity index (χ0n) is 16.6. The van der Waals surface area contributed by atoms with Gasteiger partial charge in [0.1, 0.15) is 17.4 Å². The Hall–Kier alpha value is -2.17. The van der Waals surface area contributed by atoms with E-state index in [-0.39, 0.29) is 29.8 Å². The molecule has 3 saturated heterocycles. The predicted molar refractivity (Wildman–Crippen MR) is 110 cm³/mol. The quantitative estimate of drug-likeness (QED) is 0.496. The van der Waals surface area contributed by atoms with Crippen molar-refractivity contribution in [3.63, 3.8) is 0 Å². The van der Waals surface area contributed by atoms with Gasteiger partial charge in [-0.2, -0.15) is 0 Å². The standard InChI is InChI=1S/C20H24BrN3O6/c1-22-17(26)13-14-19(28)24(7-8-25)16(20(14)9-12(21)15(13)30-20)18(27)23-10-3-5-11(29-2)6-4-10/h3-6,12-16,25H,7-9H2,1-2H3,(H,22,26)(H,23,27)/t12?,13-,14+,15-,16?,20?/m1/s1. The number of carbonyl (C=O) groups is 3. The van der Waals surface area contributed by atoms with Crippen LogP contribution in [0, 0.1) is 11.8 Å². The average molecular weight is 482 g/mol. The van der Waals surface area contributed by atoms with Crippen molar-refractivity contribution in [1.82, 2.24) is 10.2 Å². The van der Waals surface area contributed by atoms with Crippen LogP contribution in [0.25, 0.3) is 0 Å². The lowest BCUT2D eigenvalue weighted by atomic mass is 9.70. The molecule has 10 heteroatoms. The monoisotopic (exact) mass is 481 g/mol. The number of hydrogen-bond donors (Lipinski definition) is 3. The molecule has 3 amide bonds. The Labute approximate surface area is 182 Å². The summed E-state index contributed by atoms with van der Waals surface area (Å²) in [5, 5.41) is 15.0. The largest absolute Gasteiger partial charge is 0.497 e. The second-order valence-corrected chi connectivity index (χ2v) is 8.93. The molecule has 9 nitrogen and oxygen atoms in total. The first kappa shape index (κ1) is 21.1. The molecule has 2 bridgehead atoms. The molecule has 3 aliphatic heterocycles. The van der Waals surface area contributed by atoms with Crippen LogP contribution in [0.3, 0.4) is 0 Å². The number of fused-ring (bicyclic) bond motifs is 1. The van der Waals surface area contributed by atoms with E-state index in [0.29, 0.717) is 17.9 Å². The summed E-state index contributed by atoms with van der Waals surface area (Å²) in [6.45, 7) is -0.314. The summed E-state index contributed by atoms with van der Waals surface area (Å²) in [6, 6.07) is 5.88. The molecule has 3 aliphatic rings. The molecule has 1 aromatic rings. The molecule has 3 N–H and O–H groups in total. The molecule has 0 saturated carbocycles. The van der Waals surface area contributed by atoms with Gasteiger partial charge >= 0.3 is 0 Å². The number of aliphatic hydroxyl groups excluding tert-OH is 1. The fraction of sp³-hybridized carbons (Fsp3) is 0.550. The van der Waals surface area contributed by atoms with Crippen molar-refractivity contribution in [3.8, 4) is 5.75 Å². The number of benzene rings is 1. The lowest BCUT2D eigenvalue weighted by Gasteiger charge is -2.33. The topological polar surface area (TPSA) is 117 Å². The number of aliphatic hydroxyl groups is 1. The minimum Gasteiger partial charge on any atom is -0.497 e. The minimum absolute atomic E-state index is 0.0147. The third kappa shape index (κ3) is 3.00. The number of halogens is 1. The van der Waals surface area contributed by atoms with Crippen molar-refractivity contribution in [2.75, 3.05) is 32.6 Å². The van der Waals surface area contributed by atoms with Crippen LogP contribution in [0.2, 0.25) is 0 Å². The minimum atomic E-state index is -1.13. The summed E-state index contributed by atoms with van der Waals surface area (Å²) in [5.41, 5.74) is -0.582. The number of alkyl halides is 1. The van der Waals surface area contributed by atoms with Gasteiger partial charge in [-0.3, -0.25) is 14.4 Å². The Balaban J connectivity index is 1.69. The van der Waals surface area contributed by atoms with Crippen molar-refractivity contribution < 1.29 is 29.0 Å². The zero-order chi connectivity index (χ0) is 21.6. The van der Waals surface area contributed by atoms with Crippen LogP contribution in [0.1, 0.15) is 6.42 Å². The van der Waals surface area contributed by atoms with Gasteiger partial charge in [-0.15, -0.1) is 0 Å². The number of rotatable bonds is 6. The van der Waals surface area contributed by atoms with E-state index in [1.54, 1.807) is 31.4 Å².